The van der Waals surface area contributed by atoms with Gasteiger partial charge in [0.1, 0.15) is 0 Å². The van der Waals surface area contributed by atoms with Crippen LogP contribution >= 0.6 is 0 Å². The molecule has 5 heteroatoms. The Morgan fingerprint density at radius 1 is 1.23 bits per heavy atom. The predicted molar refractivity (Wildman–Crippen MR) is 103 cm³/mol. The molecule has 0 fully saturated rings. The summed E-state index contributed by atoms with van der Waals surface area (Å²) in [4.78, 5) is 27.2. The molecule has 0 bridgehead atoms. The van der Waals surface area contributed by atoms with E-state index in [0.717, 1.165) is 17.6 Å². The summed E-state index contributed by atoms with van der Waals surface area (Å²) in [6.07, 6.45) is 3.85. The fraction of sp³-hybridized carbons (Fsp3) is 0.286. The first-order chi connectivity index (χ1) is 12.4. The summed E-state index contributed by atoms with van der Waals surface area (Å²) in [5.41, 5.74) is 2.25. The van der Waals surface area contributed by atoms with E-state index in [2.05, 4.69) is 0 Å². The maximum atomic E-state index is 12.8. The number of allylic oxidation sites excluding steroid dienone is 2. The molecule has 2 rings (SSSR count). The number of rotatable bonds is 6. The SMILES string of the molecule is CCC(N(C)C)n1ccc(C(=O)c2cccc(/C(C)=C/C#N)c2)cc1=O. The van der Waals surface area contributed by atoms with Crippen LogP contribution in [0.2, 0.25) is 0 Å². The van der Waals surface area contributed by atoms with Gasteiger partial charge in [-0.3, -0.25) is 19.1 Å². The topological polar surface area (TPSA) is 66.1 Å². The minimum absolute atomic E-state index is 0.0475. The Kier molecular flexibility index (Phi) is 6.26. The van der Waals surface area contributed by atoms with Crippen LogP contribution in [0.5, 0.6) is 0 Å². The van der Waals surface area contributed by atoms with Gasteiger partial charge in [0, 0.05) is 29.5 Å². The number of hydrogen-bond acceptors (Lipinski definition) is 4. The van der Waals surface area contributed by atoms with E-state index in [1.54, 1.807) is 35.0 Å². The molecule has 1 aromatic heterocycles. The number of carbonyl (C=O) groups is 1. The second kappa shape index (κ2) is 8.41. The summed E-state index contributed by atoms with van der Waals surface area (Å²) in [7, 11) is 3.84. The lowest BCUT2D eigenvalue weighted by molar-refractivity contribution is 0.103. The van der Waals surface area contributed by atoms with Crippen molar-refractivity contribution in [3.63, 3.8) is 0 Å². The zero-order chi connectivity index (χ0) is 19.3. The summed E-state index contributed by atoms with van der Waals surface area (Å²) in [6.45, 7) is 3.83. The van der Waals surface area contributed by atoms with Crippen molar-refractivity contribution in [1.82, 2.24) is 9.47 Å². The van der Waals surface area contributed by atoms with Gasteiger partial charge < -0.3 is 0 Å². The second-order valence-corrected chi connectivity index (χ2v) is 6.38. The van der Waals surface area contributed by atoms with E-state index in [1.165, 1.54) is 12.1 Å². The van der Waals surface area contributed by atoms with Gasteiger partial charge in [-0.15, -0.1) is 0 Å². The highest BCUT2D eigenvalue weighted by molar-refractivity contribution is 6.09. The maximum Gasteiger partial charge on any atom is 0.252 e. The van der Waals surface area contributed by atoms with Crippen molar-refractivity contribution in [1.29, 1.82) is 5.26 Å². The van der Waals surface area contributed by atoms with Gasteiger partial charge in [-0.1, -0.05) is 25.1 Å². The molecule has 0 aliphatic rings. The zero-order valence-electron chi connectivity index (χ0n) is 15.6. The van der Waals surface area contributed by atoms with Crippen molar-refractivity contribution in [2.45, 2.75) is 26.4 Å². The number of benzene rings is 1. The van der Waals surface area contributed by atoms with Crippen molar-refractivity contribution < 1.29 is 4.79 Å². The lowest BCUT2D eigenvalue weighted by Crippen LogP contribution is -2.33. The molecule has 1 aromatic carbocycles. The highest BCUT2D eigenvalue weighted by Gasteiger charge is 2.15. The fourth-order valence-corrected chi connectivity index (χ4v) is 2.94. The van der Waals surface area contributed by atoms with E-state index in [4.69, 9.17) is 5.26 Å². The Morgan fingerprint density at radius 3 is 2.46 bits per heavy atom. The van der Waals surface area contributed by atoms with Crippen LogP contribution in [0, 0.1) is 11.3 Å². The molecule has 0 amide bonds. The first kappa shape index (κ1) is 19.4. The Hall–Kier alpha value is -2.97. The number of pyridine rings is 1. The lowest BCUT2D eigenvalue weighted by Gasteiger charge is -2.25. The molecule has 134 valence electrons. The Balaban J connectivity index is 2.38. The molecule has 0 N–H and O–H groups in total. The quantitative estimate of drug-likeness (QED) is 0.591. The van der Waals surface area contributed by atoms with Gasteiger partial charge in [-0.25, -0.2) is 0 Å². The highest BCUT2D eigenvalue weighted by atomic mass is 16.1. The van der Waals surface area contributed by atoms with Crippen LogP contribution in [-0.4, -0.2) is 29.3 Å². The average molecular weight is 349 g/mol. The van der Waals surface area contributed by atoms with Crippen molar-refractivity contribution in [2.75, 3.05) is 14.1 Å². The van der Waals surface area contributed by atoms with Gasteiger partial charge >= 0.3 is 0 Å². The normalized spacial score (nSPS) is 12.7. The maximum absolute atomic E-state index is 12.8. The smallest absolute Gasteiger partial charge is 0.252 e. The number of hydrogen-bond donors (Lipinski definition) is 0. The monoisotopic (exact) mass is 349 g/mol. The first-order valence-electron chi connectivity index (χ1n) is 8.49. The second-order valence-electron chi connectivity index (χ2n) is 6.38. The minimum atomic E-state index is -0.209. The van der Waals surface area contributed by atoms with E-state index >= 15 is 0 Å². The van der Waals surface area contributed by atoms with Crippen molar-refractivity contribution in [3.05, 3.63) is 75.7 Å². The fourth-order valence-electron chi connectivity index (χ4n) is 2.94. The highest BCUT2D eigenvalue weighted by Crippen LogP contribution is 2.18. The average Bonchev–Trinajstić information content (AvgIpc) is 2.63. The van der Waals surface area contributed by atoms with Gasteiger partial charge in [0.25, 0.3) is 5.56 Å². The third-order valence-corrected chi connectivity index (χ3v) is 4.35. The molecule has 0 aliphatic heterocycles. The third-order valence-electron chi connectivity index (χ3n) is 4.35. The number of ketones is 1. The molecule has 2 aromatic rings. The molecule has 0 saturated carbocycles. The van der Waals surface area contributed by atoms with Gasteiger partial charge in [0.05, 0.1) is 12.2 Å². The van der Waals surface area contributed by atoms with Crippen molar-refractivity contribution >= 4 is 11.4 Å². The largest absolute Gasteiger partial charge is 0.299 e. The molecule has 0 radical (unpaired) electrons. The van der Waals surface area contributed by atoms with E-state index in [1.807, 2.05) is 45.0 Å². The zero-order valence-corrected chi connectivity index (χ0v) is 15.6. The summed E-state index contributed by atoms with van der Waals surface area (Å²) in [6, 6.07) is 12.1. The minimum Gasteiger partial charge on any atom is -0.299 e. The molecule has 0 aliphatic carbocycles. The van der Waals surface area contributed by atoms with Crippen molar-refractivity contribution in [2.24, 2.45) is 0 Å². The molecule has 1 heterocycles. The van der Waals surface area contributed by atoms with Gasteiger partial charge in [-0.2, -0.15) is 5.26 Å². The van der Waals surface area contributed by atoms with Crippen LogP contribution in [0.15, 0.2) is 53.5 Å². The van der Waals surface area contributed by atoms with Crippen LogP contribution in [0.4, 0.5) is 0 Å². The Labute approximate surface area is 153 Å². The molecule has 1 unspecified atom stereocenters. The van der Waals surface area contributed by atoms with Gasteiger partial charge in [-0.05, 0) is 50.7 Å². The Morgan fingerprint density at radius 2 is 1.88 bits per heavy atom. The summed E-state index contributed by atoms with van der Waals surface area (Å²) in [5.74, 6) is -0.209. The van der Waals surface area contributed by atoms with E-state index < -0.39 is 0 Å². The number of carbonyl (C=O) groups excluding carboxylic acids is 1. The van der Waals surface area contributed by atoms with Crippen LogP contribution in [-0.2, 0) is 0 Å². The van der Waals surface area contributed by atoms with E-state index in [0.29, 0.717) is 11.1 Å². The molecule has 5 nitrogen and oxygen atoms in total. The van der Waals surface area contributed by atoms with Gasteiger partial charge in [0.15, 0.2) is 5.78 Å². The predicted octanol–water partition coefficient (Wildman–Crippen LogP) is 3.48. The van der Waals surface area contributed by atoms with E-state index in [-0.39, 0.29) is 17.5 Å². The van der Waals surface area contributed by atoms with Crippen LogP contribution in [0.1, 0.15) is 47.9 Å². The lowest BCUT2D eigenvalue weighted by atomic mass is 9.99. The number of nitriles is 1. The summed E-state index contributed by atoms with van der Waals surface area (Å²) >= 11 is 0. The van der Waals surface area contributed by atoms with Gasteiger partial charge in [0.2, 0.25) is 0 Å². The summed E-state index contributed by atoms with van der Waals surface area (Å²) in [5, 5.41) is 8.78. The van der Waals surface area contributed by atoms with Crippen LogP contribution < -0.4 is 5.56 Å². The number of aromatic nitrogens is 1. The standard InChI is InChI=1S/C21H23N3O2/c1-5-19(23(3)4)24-12-10-18(14-20(24)25)21(26)17-8-6-7-16(13-17)15(2)9-11-22/h6-10,12-14,19H,5H2,1-4H3/b15-9+. The molecule has 1 atom stereocenters. The van der Waals surface area contributed by atoms with Crippen LogP contribution in [0.3, 0.4) is 0 Å². The molecule has 0 spiro atoms. The molecular formula is C21H23N3O2. The molecule has 0 saturated heterocycles. The summed E-state index contributed by atoms with van der Waals surface area (Å²) < 4.78 is 1.63. The molecule has 26 heavy (non-hydrogen) atoms. The van der Waals surface area contributed by atoms with Crippen molar-refractivity contribution in [3.8, 4) is 6.07 Å². The number of nitrogens with zero attached hydrogens (tertiary/aromatic N) is 3. The Bertz CT molecular complexity index is 933. The van der Waals surface area contributed by atoms with Crippen LogP contribution in [0.25, 0.3) is 5.57 Å². The molecular weight excluding hydrogens is 326 g/mol. The third kappa shape index (κ3) is 4.16. The first-order valence-corrected chi connectivity index (χ1v) is 8.49. The van der Waals surface area contributed by atoms with E-state index in [9.17, 15) is 9.59 Å².